The number of nitrogens with zero attached hydrogens (tertiary/aromatic N) is 6. The van der Waals surface area contributed by atoms with Crippen molar-refractivity contribution in [1.29, 1.82) is 0 Å². The molecule has 11 nitrogen and oxygen atoms in total. The van der Waals surface area contributed by atoms with E-state index in [0.29, 0.717) is 29.0 Å². The second-order valence-electron chi connectivity index (χ2n) is 10.4. The molecule has 0 bridgehead atoms. The number of rotatable bonds is 9. The summed E-state index contributed by atoms with van der Waals surface area (Å²) < 4.78 is 13.1. The van der Waals surface area contributed by atoms with Crippen molar-refractivity contribution < 1.29 is 14.3 Å². The van der Waals surface area contributed by atoms with Crippen LogP contribution in [-0.2, 0) is 19.9 Å². The average Bonchev–Trinajstić information content (AvgIpc) is 3.37. The Morgan fingerprint density at radius 2 is 1.93 bits per heavy atom. The number of aryl methyl sites for hydroxylation is 1. The van der Waals surface area contributed by atoms with Crippen LogP contribution in [0.15, 0.2) is 61.1 Å². The molecule has 11 heteroatoms. The number of nitrogen functional groups attached to an aromatic ring is 2. The topological polar surface area (TPSA) is 138 Å². The SMILES string of the molecule is COc1cc(Cc2cnc(N)nc2N)cc(C(=O)C=CN2CCc3ccccc3C2c2cn(C)nc2N(C)C)c1OC. The van der Waals surface area contributed by atoms with E-state index in [4.69, 9.17) is 26.0 Å². The summed E-state index contributed by atoms with van der Waals surface area (Å²) in [6.07, 6.45) is 8.35. The molecule has 218 valence electrons. The molecule has 0 saturated carbocycles. The van der Waals surface area contributed by atoms with E-state index < -0.39 is 0 Å². The van der Waals surface area contributed by atoms with Gasteiger partial charge >= 0.3 is 0 Å². The molecule has 2 aromatic heterocycles. The van der Waals surface area contributed by atoms with Gasteiger partial charge in [-0.2, -0.15) is 10.1 Å². The van der Waals surface area contributed by atoms with Gasteiger partial charge in [-0.1, -0.05) is 24.3 Å². The molecule has 0 fully saturated rings. The predicted octanol–water partition coefficient (Wildman–Crippen LogP) is 3.39. The quantitative estimate of drug-likeness (QED) is 0.228. The Morgan fingerprint density at radius 3 is 2.64 bits per heavy atom. The summed E-state index contributed by atoms with van der Waals surface area (Å²) >= 11 is 0. The molecule has 42 heavy (non-hydrogen) atoms. The van der Waals surface area contributed by atoms with E-state index in [2.05, 4.69) is 45.3 Å². The highest BCUT2D eigenvalue weighted by atomic mass is 16.5. The van der Waals surface area contributed by atoms with Crippen LogP contribution in [0.1, 0.15) is 44.2 Å². The van der Waals surface area contributed by atoms with Gasteiger partial charge in [0.25, 0.3) is 0 Å². The summed E-state index contributed by atoms with van der Waals surface area (Å²) in [5.74, 6) is 1.86. The number of hydrogen-bond donors (Lipinski definition) is 2. The lowest BCUT2D eigenvalue weighted by atomic mass is 9.89. The maximum absolute atomic E-state index is 13.8. The maximum atomic E-state index is 13.8. The molecule has 3 heterocycles. The Kier molecular flexibility index (Phi) is 8.01. The zero-order chi connectivity index (χ0) is 30.0. The van der Waals surface area contributed by atoms with Gasteiger partial charge in [-0.05, 0) is 35.2 Å². The van der Waals surface area contributed by atoms with Gasteiger partial charge in [-0.25, -0.2) is 4.98 Å². The standard InChI is InChI=1S/C31H36N8O3/c1-37(2)30-24(18-38(3)36-30)27-22-9-7-6-8-20(22)10-12-39(27)13-11-25(40)23-15-19(16-26(41-4)28(23)42-5)14-21-17-34-31(33)35-29(21)32/h6-9,11,13,15-18,27H,10,12,14H2,1-5H3,(H4,32,33,34,35). The van der Waals surface area contributed by atoms with Gasteiger partial charge in [0.2, 0.25) is 5.95 Å². The van der Waals surface area contributed by atoms with E-state index in [1.807, 2.05) is 43.0 Å². The second kappa shape index (κ2) is 11.8. The first kappa shape index (κ1) is 28.5. The van der Waals surface area contributed by atoms with Crippen molar-refractivity contribution >= 4 is 23.4 Å². The molecular weight excluding hydrogens is 532 g/mol. The number of carbonyl (C=O) groups is 1. The number of hydrogen-bond acceptors (Lipinski definition) is 10. The van der Waals surface area contributed by atoms with Crippen molar-refractivity contribution in [3.63, 3.8) is 0 Å². The lowest BCUT2D eigenvalue weighted by molar-refractivity contribution is 0.104. The number of ether oxygens (including phenoxy) is 2. The molecular formula is C31H36N8O3. The molecule has 1 aliphatic heterocycles. The molecule has 0 aliphatic carbocycles. The molecule has 0 radical (unpaired) electrons. The van der Waals surface area contributed by atoms with E-state index in [1.165, 1.54) is 18.2 Å². The number of aromatic nitrogens is 4. The Morgan fingerprint density at radius 1 is 1.14 bits per heavy atom. The second-order valence-corrected chi connectivity index (χ2v) is 10.4. The molecule has 4 aromatic rings. The normalized spacial score (nSPS) is 14.6. The molecule has 5 rings (SSSR count). The highest BCUT2D eigenvalue weighted by Crippen LogP contribution is 2.39. The van der Waals surface area contributed by atoms with E-state index in [0.717, 1.165) is 29.9 Å². The monoisotopic (exact) mass is 568 g/mol. The van der Waals surface area contributed by atoms with Crippen molar-refractivity contribution in [2.24, 2.45) is 7.05 Å². The number of carbonyl (C=O) groups excluding carboxylic acids is 1. The summed E-state index contributed by atoms with van der Waals surface area (Å²) in [7, 11) is 8.96. The average molecular weight is 569 g/mol. The third-order valence-electron chi connectivity index (χ3n) is 7.41. The molecule has 0 spiro atoms. The first-order valence-electron chi connectivity index (χ1n) is 13.6. The third-order valence-corrected chi connectivity index (χ3v) is 7.41. The summed E-state index contributed by atoms with van der Waals surface area (Å²) in [5.41, 5.74) is 17.1. The zero-order valence-electron chi connectivity index (χ0n) is 24.5. The number of benzene rings is 2. The summed E-state index contributed by atoms with van der Waals surface area (Å²) in [6.45, 7) is 0.740. The minimum atomic E-state index is -0.217. The molecule has 0 amide bonds. The molecule has 0 saturated heterocycles. The van der Waals surface area contributed by atoms with Crippen LogP contribution in [0, 0.1) is 0 Å². The molecule has 2 aromatic carbocycles. The Labute approximate surface area is 245 Å². The van der Waals surface area contributed by atoms with Gasteiger partial charge < -0.3 is 30.7 Å². The van der Waals surface area contributed by atoms with Crippen LogP contribution in [0.2, 0.25) is 0 Å². The van der Waals surface area contributed by atoms with Crippen LogP contribution < -0.4 is 25.8 Å². The summed E-state index contributed by atoms with van der Waals surface area (Å²) in [6, 6.07) is 11.9. The summed E-state index contributed by atoms with van der Waals surface area (Å²) in [5, 5.41) is 4.70. The highest BCUT2D eigenvalue weighted by molar-refractivity contribution is 6.07. The Balaban J connectivity index is 1.51. The van der Waals surface area contributed by atoms with Gasteiger partial charge in [0.05, 0.1) is 25.8 Å². The number of anilines is 3. The fourth-order valence-corrected chi connectivity index (χ4v) is 5.48. The number of ketones is 1. The van der Waals surface area contributed by atoms with Crippen molar-refractivity contribution in [2.75, 3.05) is 51.2 Å². The van der Waals surface area contributed by atoms with Crippen LogP contribution in [0.4, 0.5) is 17.6 Å². The van der Waals surface area contributed by atoms with Crippen molar-refractivity contribution in [2.45, 2.75) is 18.9 Å². The van der Waals surface area contributed by atoms with Gasteiger partial charge in [0, 0.05) is 69.9 Å². The number of fused-ring (bicyclic) bond motifs is 1. The van der Waals surface area contributed by atoms with E-state index >= 15 is 0 Å². The van der Waals surface area contributed by atoms with Gasteiger partial charge in [0.1, 0.15) is 5.82 Å². The first-order chi connectivity index (χ1) is 20.2. The van der Waals surface area contributed by atoms with Crippen LogP contribution in [-0.4, -0.2) is 65.3 Å². The van der Waals surface area contributed by atoms with Crippen LogP contribution in [0.5, 0.6) is 11.5 Å². The Hall–Kier alpha value is -5.06. The third kappa shape index (κ3) is 5.58. The lowest BCUT2D eigenvalue weighted by Crippen LogP contribution is -2.33. The lowest BCUT2D eigenvalue weighted by Gasteiger charge is -2.37. The Bertz CT molecular complexity index is 1650. The van der Waals surface area contributed by atoms with Crippen molar-refractivity contribution in [3.8, 4) is 11.5 Å². The van der Waals surface area contributed by atoms with Crippen LogP contribution in [0.3, 0.4) is 0 Å². The fourth-order valence-electron chi connectivity index (χ4n) is 5.48. The molecule has 1 unspecified atom stereocenters. The van der Waals surface area contributed by atoms with Crippen molar-refractivity contribution in [3.05, 3.63) is 94.4 Å². The van der Waals surface area contributed by atoms with Crippen LogP contribution >= 0.6 is 0 Å². The summed E-state index contributed by atoms with van der Waals surface area (Å²) in [4.78, 5) is 26.1. The zero-order valence-corrected chi connectivity index (χ0v) is 24.5. The number of nitrogens with two attached hydrogens (primary N) is 2. The first-order valence-corrected chi connectivity index (χ1v) is 13.6. The minimum Gasteiger partial charge on any atom is -0.493 e. The molecule has 1 aliphatic rings. The fraction of sp³-hybridized carbons (Fsp3) is 0.290. The molecule has 1 atom stereocenters. The maximum Gasteiger partial charge on any atom is 0.221 e. The van der Waals surface area contributed by atoms with E-state index in [-0.39, 0.29) is 23.6 Å². The largest absolute Gasteiger partial charge is 0.493 e. The minimum absolute atomic E-state index is 0.104. The number of methoxy groups -OCH3 is 2. The van der Waals surface area contributed by atoms with Gasteiger partial charge in [0.15, 0.2) is 23.1 Å². The predicted molar refractivity (Wildman–Crippen MR) is 163 cm³/mol. The van der Waals surface area contributed by atoms with E-state index in [9.17, 15) is 4.79 Å². The van der Waals surface area contributed by atoms with Crippen molar-refractivity contribution in [1.82, 2.24) is 24.6 Å². The highest BCUT2D eigenvalue weighted by Gasteiger charge is 2.31. The van der Waals surface area contributed by atoms with E-state index in [1.54, 1.807) is 25.4 Å². The smallest absolute Gasteiger partial charge is 0.221 e. The molecule has 4 N–H and O–H groups in total. The number of allylic oxidation sites excluding steroid dienone is 1. The van der Waals surface area contributed by atoms with Crippen LogP contribution in [0.25, 0.3) is 0 Å². The van der Waals surface area contributed by atoms with Gasteiger partial charge in [-0.15, -0.1) is 0 Å². The van der Waals surface area contributed by atoms with Gasteiger partial charge in [-0.3, -0.25) is 9.48 Å².